The van der Waals surface area contributed by atoms with Gasteiger partial charge in [0, 0.05) is 58.4 Å². The first-order chi connectivity index (χ1) is 11.5. The molecule has 0 aromatic carbocycles. The summed E-state index contributed by atoms with van der Waals surface area (Å²) in [7, 11) is -2.95. The fraction of sp³-hybridized carbons (Fsp3) is 0.933. The first-order valence-corrected chi connectivity index (χ1v) is 10.6. The van der Waals surface area contributed by atoms with Crippen LogP contribution in [0.15, 0.2) is 0 Å². The van der Waals surface area contributed by atoms with Crippen molar-refractivity contribution in [1.29, 1.82) is 0 Å². The second-order valence-electron chi connectivity index (χ2n) is 6.83. The van der Waals surface area contributed by atoms with E-state index in [1.54, 1.807) is 4.90 Å². The Morgan fingerprint density at radius 1 is 1.00 bits per heavy atom. The minimum Gasteiger partial charge on any atom is -0.379 e. The first-order valence-electron chi connectivity index (χ1n) is 8.80. The molecule has 0 aromatic rings. The Balaban J connectivity index is 1.34. The topological polar surface area (TPSA) is 82.2 Å². The molecule has 3 fully saturated rings. The van der Waals surface area contributed by atoms with Gasteiger partial charge in [-0.1, -0.05) is 0 Å². The SMILES string of the molecule is O=C(NC1CCS(=O)(=O)C1)N1CCN(CCN2CCOCC2)CC1. The molecule has 1 N–H and O–H groups in total. The molecule has 3 aliphatic heterocycles. The number of urea groups is 1. The Bertz CT molecular complexity index is 528. The Hall–Kier alpha value is -0.900. The van der Waals surface area contributed by atoms with Crippen LogP contribution in [0, 0.1) is 0 Å². The molecule has 1 atom stereocenters. The highest BCUT2D eigenvalue weighted by molar-refractivity contribution is 7.91. The van der Waals surface area contributed by atoms with Gasteiger partial charge in [-0.25, -0.2) is 13.2 Å². The highest BCUT2D eigenvalue weighted by Crippen LogP contribution is 2.12. The summed E-state index contributed by atoms with van der Waals surface area (Å²) >= 11 is 0. The number of hydrogen-bond acceptors (Lipinski definition) is 6. The second-order valence-corrected chi connectivity index (χ2v) is 9.06. The van der Waals surface area contributed by atoms with E-state index in [0.29, 0.717) is 19.5 Å². The summed E-state index contributed by atoms with van der Waals surface area (Å²) < 4.78 is 28.3. The van der Waals surface area contributed by atoms with E-state index >= 15 is 0 Å². The van der Waals surface area contributed by atoms with Crippen LogP contribution in [0.3, 0.4) is 0 Å². The highest BCUT2D eigenvalue weighted by Gasteiger charge is 2.30. The van der Waals surface area contributed by atoms with E-state index in [1.165, 1.54) is 0 Å². The molecule has 0 aliphatic carbocycles. The largest absolute Gasteiger partial charge is 0.379 e. The molecule has 24 heavy (non-hydrogen) atoms. The minimum atomic E-state index is -2.95. The molecule has 0 aromatic heterocycles. The van der Waals surface area contributed by atoms with Crippen molar-refractivity contribution in [2.24, 2.45) is 0 Å². The number of amides is 2. The van der Waals surface area contributed by atoms with Crippen molar-refractivity contribution in [1.82, 2.24) is 20.0 Å². The van der Waals surface area contributed by atoms with E-state index in [1.807, 2.05) is 0 Å². The normalized spacial score (nSPS) is 28.8. The van der Waals surface area contributed by atoms with Crippen molar-refractivity contribution in [2.45, 2.75) is 12.5 Å². The van der Waals surface area contributed by atoms with Crippen molar-refractivity contribution in [3.05, 3.63) is 0 Å². The molecule has 1 unspecified atom stereocenters. The van der Waals surface area contributed by atoms with Crippen molar-refractivity contribution in [3.63, 3.8) is 0 Å². The maximum Gasteiger partial charge on any atom is 0.317 e. The van der Waals surface area contributed by atoms with E-state index in [-0.39, 0.29) is 23.6 Å². The van der Waals surface area contributed by atoms with Crippen molar-refractivity contribution >= 4 is 15.9 Å². The zero-order valence-electron chi connectivity index (χ0n) is 14.2. The third-order valence-electron chi connectivity index (χ3n) is 5.06. The Morgan fingerprint density at radius 2 is 1.62 bits per heavy atom. The molecular formula is C15H28N4O4S. The molecule has 138 valence electrons. The molecule has 3 aliphatic rings. The summed E-state index contributed by atoms with van der Waals surface area (Å²) in [6, 6.07) is -0.341. The Kier molecular flexibility index (Phi) is 5.96. The number of carbonyl (C=O) groups excluding carboxylic acids is 1. The number of morpholine rings is 1. The molecule has 3 saturated heterocycles. The van der Waals surface area contributed by atoms with Crippen LogP contribution >= 0.6 is 0 Å². The number of sulfone groups is 1. The third kappa shape index (κ3) is 5.05. The van der Waals surface area contributed by atoms with Gasteiger partial charge in [0.05, 0.1) is 24.7 Å². The molecular weight excluding hydrogens is 332 g/mol. The highest BCUT2D eigenvalue weighted by atomic mass is 32.2. The number of rotatable bonds is 4. The number of piperazine rings is 1. The van der Waals surface area contributed by atoms with Crippen LogP contribution < -0.4 is 5.32 Å². The van der Waals surface area contributed by atoms with Gasteiger partial charge in [-0.05, 0) is 6.42 Å². The summed E-state index contributed by atoms with van der Waals surface area (Å²) in [5.41, 5.74) is 0. The lowest BCUT2D eigenvalue weighted by Crippen LogP contribution is -2.54. The molecule has 9 heteroatoms. The maximum absolute atomic E-state index is 12.3. The average Bonchev–Trinajstić information content (AvgIpc) is 2.93. The van der Waals surface area contributed by atoms with Gasteiger partial charge in [-0.15, -0.1) is 0 Å². The van der Waals surface area contributed by atoms with Gasteiger partial charge in [-0.2, -0.15) is 0 Å². The lowest BCUT2D eigenvalue weighted by Gasteiger charge is -2.36. The second kappa shape index (κ2) is 7.99. The monoisotopic (exact) mass is 360 g/mol. The smallest absolute Gasteiger partial charge is 0.317 e. The zero-order chi connectivity index (χ0) is 17.0. The summed E-state index contributed by atoms with van der Waals surface area (Å²) in [6.45, 7) is 8.89. The van der Waals surface area contributed by atoms with E-state index in [0.717, 1.165) is 52.5 Å². The van der Waals surface area contributed by atoms with Crippen LogP contribution in [0.5, 0.6) is 0 Å². The van der Waals surface area contributed by atoms with Crippen LogP contribution in [0.4, 0.5) is 4.79 Å². The quantitative estimate of drug-likeness (QED) is 0.681. The molecule has 0 spiro atoms. The summed E-state index contributed by atoms with van der Waals surface area (Å²) in [4.78, 5) is 18.9. The molecule has 0 bridgehead atoms. The van der Waals surface area contributed by atoms with E-state index in [9.17, 15) is 13.2 Å². The number of hydrogen-bond donors (Lipinski definition) is 1. The van der Waals surface area contributed by atoms with Gasteiger partial charge in [-0.3, -0.25) is 9.80 Å². The van der Waals surface area contributed by atoms with Crippen LogP contribution in [0.2, 0.25) is 0 Å². The van der Waals surface area contributed by atoms with Crippen LogP contribution in [-0.2, 0) is 14.6 Å². The van der Waals surface area contributed by atoms with Crippen LogP contribution in [-0.4, -0.2) is 112 Å². The summed E-state index contributed by atoms with van der Waals surface area (Å²) in [5.74, 6) is 0.269. The summed E-state index contributed by atoms with van der Waals surface area (Å²) in [5, 5.41) is 2.87. The van der Waals surface area contributed by atoms with Gasteiger partial charge in [0.25, 0.3) is 0 Å². The van der Waals surface area contributed by atoms with Crippen molar-refractivity contribution < 1.29 is 17.9 Å². The molecule has 0 radical (unpaired) electrons. The number of nitrogens with zero attached hydrogens (tertiary/aromatic N) is 3. The number of ether oxygens (including phenoxy) is 1. The van der Waals surface area contributed by atoms with E-state index in [2.05, 4.69) is 15.1 Å². The van der Waals surface area contributed by atoms with Gasteiger partial charge in [0.1, 0.15) is 0 Å². The third-order valence-corrected chi connectivity index (χ3v) is 6.82. The predicted molar refractivity (Wildman–Crippen MR) is 90.9 cm³/mol. The Labute approximate surface area is 144 Å². The molecule has 3 rings (SSSR count). The minimum absolute atomic E-state index is 0.0816. The van der Waals surface area contributed by atoms with Gasteiger partial charge >= 0.3 is 6.03 Å². The molecule has 2 amide bonds. The van der Waals surface area contributed by atoms with E-state index in [4.69, 9.17) is 4.74 Å². The van der Waals surface area contributed by atoms with Crippen molar-refractivity contribution in [3.8, 4) is 0 Å². The maximum atomic E-state index is 12.3. The van der Waals surface area contributed by atoms with Gasteiger partial charge in [0.2, 0.25) is 0 Å². The molecule has 0 saturated carbocycles. The average molecular weight is 360 g/mol. The zero-order valence-corrected chi connectivity index (χ0v) is 15.0. The van der Waals surface area contributed by atoms with Crippen LogP contribution in [0.1, 0.15) is 6.42 Å². The fourth-order valence-corrected chi connectivity index (χ4v) is 5.13. The fourth-order valence-electron chi connectivity index (χ4n) is 3.46. The van der Waals surface area contributed by atoms with Crippen LogP contribution in [0.25, 0.3) is 0 Å². The standard InChI is InChI=1S/C15H28N4O4S/c20-15(16-14-1-12-24(21,22)13-14)19-6-4-17(5-7-19)2-3-18-8-10-23-11-9-18/h14H,1-13H2,(H,16,20). The number of carbonyl (C=O) groups is 1. The van der Waals surface area contributed by atoms with Gasteiger partial charge in [0.15, 0.2) is 9.84 Å². The lowest BCUT2D eigenvalue weighted by molar-refractivity contribution is 0.0309. The van der Waals surface area contributed by atoms with E-state index < -0.39 is 9.84 Å². The first kappa shape index (κ1) is 17.9. The summed E-state index contributed by atoms with van der Waals surface area (Å²) in [6.07, 6.45) is 0.535. The van der Waals surface area contributed by atoms with Crippen molar-refractivity contribution in [2.75, 3.05) is 77.1 Å². The molecule has 8 nitrogen and oxygen atoms in total. The number of nitrogens with one attached hydrogen (secondary N) is 1. The predicted octanol–water partition coefficient (Wildman–Crippen LogP) is -1.17. The Morgan fingerprint density at radius 3 is 2.21 bits per heavy atom. The molecule has 3 heterocycles. The lowest BCUT2D eigenvalue weighted by atomic mass is 10.2. The van der Waals surface area contributed by atoms with Gasteiger partial charge < -0.3 is 15.0 Å².